The van der Waals surface area contributed by atoms with Crippen molar-refractivity contribution in [3.63, 3.8) is 0 Å². The molecule has 106 valence electrons. The average Bonchev–Trinajstić information content (AvgIpc) is 2.51. The van der Waals surface area contributed by atoms with Crippen LogP contribution in [0.25, 0.3) is 5.57 Å². The number of carbonyl (C=O) groups is 1. The van der Waals surface area contributed by atoms with E-state index in [0.29, 0.717) is 5.56 Å². The Hall–Kier alpha value is -2.42. The zero-order chi connectivity index (χ0) is 14.8. The number of aryl methyl sites for hydroxylation is 1. The topological polar surface area (TPSA) is 56.0 Å². The number of nitrogens with zero attached hydrogens (tertiary/aromatic N) is 1. The number of hydrogen-bond donors (Lipinski definition) is 1. The van der Waals surface area contributed by atoms with E-state index in [9.17, 15) is 4.79 Å². The summed E-state index contributed by atoms with van der Waals surface area (Å²) in [6.45, 7) is 2.13. The maximum Gasteiger partial charge on any atom is 0.248 e. The normalized spacial score (nSPS) is 14.0. The lowest BCUT2D eigenvalue weighted by Crippen LogP contribution is -2.13. The summed E-state index contributed by atoms with van der Waals surface area (Å²) in [6.07, 6.45) is 6.69. The lowest BCUT2D eigenvalue weighted by molar-refractivity contribution is 0.100. The van der Waals surface area contributed by atoms with Crippen LogP contribution in [0.1, 0.15) is 40.4 Å². The third-order valence-electron chi connectivity index (χ3n) is 4.17. The van der Waals surface area contributed by atoms with Crippen molar-refractivity contribution >= 4 is 11.5 Å². The van der Waals surface area contributed by atoms with Crippen molar-refractivity contribution in [2.75, 3.05) is 0 Å². The van der Waals surface area contributed by atoms with Crippen LogP contribution in [-0.4, -0.2) is 10.9 Å². The molecule has 0 bridgehead atoms. The molecule has 0 spiro atoms. The number of primary amides is 1. The standard InChI is InChI=1S/C18H18N2O/c1-12-15(9-13-3-2-8-20-11-13)6-4-14-5-7-16(18(19)21)10-17(12)14/h2-3,5,7-8,10-11H,4,6,9H2,1H3,(H2,19,21). The minimum Gasteiger partial charge on any atom is -0.366 e. The molecule has 0 saturated carbocycles. The average molecular weight is 278 g/mol. The third kappa shape index (κ3) is 2.72. The van der Waals surface area contributed by atoms with Crippen LogP contribution in [0.2, 0.25) is 0 Å². The van der Waals surface area contributed by atoms with E-state index in [1.54, 1.807) is 6.20 Å². The predicted molar refractivity (Wildman–Crippen MR) is 83.8 cm³/mol. The Morgan fingerprint density at radius 1 is 1.29 bits per heavy atom. The van der Waals surface area contributed by atoms with Gasteiger partial charge < -0.3 is 5.73 Å². The first-order chi connectivity index (χ1) is 10.1. The van der Waals surface area contributed by atoms with Gasteiger partial charge in [0, 0.05) is 18.0 Å². The Morgan fingerprint density at radius 3 is 2.86 bits per heavy atom. The van der Waals surface area contributed by atoms with Gasteiger partial charge in [0.05, 0.1) is 0 Å². The van der Waals surface area contributed by atoms with Crippen molar-refractivity contribution in [3.05, 3.63) is 70.6 Å². The number of amides is 1. The van der Waals surface area contributed by atoms with Gasteiger partial charge in [-0.15, -0.1) is 0 Å². The van der Waals surface area contributed by atoms with E-state index in [1.807, 2.05) is 30.5 Å². The fraction of sp³-hybridized carbons (Fsp3) is 0.222. The van der Waals surface area contributed by atoms with Crippen LogP contribution >= 0.6 is 0 Å². The largest absolute Gasteiger partial charge is 0.366 e. The summed E-state index contributed by atoms with van der Waals surface area (Å²) in [7, 11) is 0. The van der Waals surface area contributed by atoms with Crippen LogP contribution in [0, 0.1) is 0 Å². The Bertz CT molecular complexity index is 717. The summed E-state index contributed by atoms with van der Waals surface area (Å²) in [4.78, 5) is 15.5. The Balaban J connectivity index is 1.98. The number of benzene rings is 1. The Labute approximate surface area is 124 Å². The van der Waals surface area contributed by atoms with E-state index in [2.05, 4.69) is 18.0 Å². The summed E-state index contributed by atoms with van der Waals surface area (Å²) in [5, 5.41) is 0. The third-order valence-corrected chi connectivity index (χ3v) is 4.17. The second-order valence-corrected chi connectivity index (χ2v) is 5.50. The minimum atomic E-state index is -0.370. The second-order valence-electron chi connectivity index (χ2n) is 5.50. The molecule has 3 nitrogen and oxygen atoms in total. The fourth-order valence-electron chi connectivity index (χ4n) is 2.93. The maximum absolute atomic E-state index is 11.4. The van der Waals surface area contributed by atoms with Gasteiger partial charge in [-0.3, -0.25) is 9.78 Å². The summed E-state index contributed by atoms with van der Waals surface area (Å²) in [6, 6.07) is 9.84. The van der Waals surface area contributed by atoms with Crippen molar-refractivity contribution in [1.82, 2.24) is 4.98 Å². The summed E-state index contributed by atoms with van der Waals surface area (Å²) in [5.74, 6) is -0.370. The molecule has 0 fully saturated rings. The number of pyridine rings is 1. The molecule has 0 atom stereocenters. The minimum absolute atomic E-state index is 0.370. The van der Waals surface area contributed by atoms with Crippen LogP contribution in [0.15, 0.2) is 48.3 Å². The Kier molecular flexibility index (Phi) is 3.57. The summed E-state index contributed by atoms with van der Waals surface area (Å²) in [5.41, 5.74) is 12.3. The van der Waals surface area contributed by atoms with E-state index in [0.717, 1.165) is 24.8 Å². The van der Waals surface area contributed by atoms with E-state index in [4.69, 9.17) is 5.73 Å². The number of aromatic nitrogens is 1. The van der Waals surface area contributed by atoms with Crippen LogP contribution in [0.3, 0.4) is 0 Å². The van der Waals surface area contributed by atoms with Crippen molar-refractivity contribution in [2.24, 2.45) is 5.73 Å². The van der Waals surface area contributed by atoms with Crippen molar-refractivity contribution in [3.8, 4) is 0 Å². The maximum atomic E-state index is 11.4. The number of fused-ring (bicyclic) bond motifs is 1. The predicted octanol–water partition coefficient (Wildman–Crippen LogP) is 3.14. The highest BCUT2D eigenvalue weighted by molar-refractivity contribution is 5.94. The molecule has 3 rings (SSSR count). The van der Waals surface area contributed by atoms with Gasteiger partial charge >= 0.3 is 0 Å². The van der Waals surface area contributed by atoms with Crippen molar-refractivity contribution < 1.29 is 4.79 Å². The van der Waals surface area contributed by atoms with Gasteiger partial charge in [-0.25, -0.2) is 0 Å². The highest BCUT2D eigenvalue weighted by Gasteiger charge is 2.17. The molecule has 2 N–H and O–H groups in total. The number of nitrogens with two attached hydrogens (primary N) is 1. The van der Waals surface area contributed by atoms with Gasteiger partial charge in [0.1, 0.15) is 0 Å². The van der Waals surface area contributed by atoms with E-state index in [1.165, 1.54) is 22.3 Å². The first-order valence-corrected chi connectivity index (χ1v) is 7.16. The molecule has 1 aliphatic carbocycles. The summed E-state index contributed by atoms with van der Waals surface area (Å²) >= 11 is 0. The molecule has 0 unspecified atom stereocenters. The van der Waals surface area contributed by atoms with Gasteiger partial charge in [0.2, 0.25) is 5.91 Å². The van der Waals surface area contributed by atoms with Gasteiger partial charge in [-0.05, 0) is 66.6 Å². The lowest BCUT2D eigenvalue weighted by atomic mass is 9.83. The van der Waals surface area contributed by atoms with Crippen LogP contribution in [0.5, 0.6) is 0 Å². The molecule has 0 radical (unpaired) electrons. The summed E-state index contributed by atoms with van der Waals surface area (Å²) < 4.78 is 0. The fourth-order valence-corrected chi connectivity index (χ4v) is 2.93. The van der Waals surface area contributed by atoms with Gasteiger partial charge in [0.25, 0.3) is 0 Å². The SMILES string of the molecule is CC1=C(Cc2cccnc2)CCc2ccc(C(N)=O)cc21. The molecule has 2 aromatic rings. The van der Waals surface area contributed by atoms with Crippen LogP contribution in [0.4, 0.5) is 0 Å². The molecular formula is C18H18N2O. The number of allylic oxidation sites excluding steroid dienone is 2. The molecule has 1 aliphatic rings. The molecule has 0 aliphatic heterocycles. The molecule has 1 amide bonds. The Morgan fingerprint density at radius 2 is 2.14 bits per heavy atom. The van der Waals surface area contributed by atoms with Crippen LogP contribution < -0.4 is 5.73 Å². The molecule has 21 heavy (non-hydrogen) atoms. The zero-order valence-electron chi connectivity index (χ0n) is 12.1. The molecular weight excluding hydrogens is 260 g/mol. The molecule has 1 heterocycles. The number of hydrogen-bond acceptors (Lipinski definition) is 2. The number of rotatable bonds is 3. The second kappa shape index (κ2) is 5.52. The number of carbonyl (C=O) groups excluding carboxylic acids is 1. The van der Waals surface area contributed by atoms with Crippen LogP contribution in [-0.2, 0) is 12.8 Å². The zero-order valence-corrected chi connectivity index (χ0v) is 12.1. The highest BCUT2D eigenvalue weighted by atomic mass is 16.1. The smallest absolute Gasteiger partial charge is 0.248 e. The molecule has 1 aromatic heterocycles. The molecule has 1 aromatic carbocycles. The highest BCUT2D eigenvalue weighted by Crippen LogP contribution is 2.33. The molecule has 3 heteroatoms. The van der Waals surface area contributed by atoms with E-state index < -0.39 is 0 Å². The van der Waals surface area contributed by atoms with Gasteiger partial charge in [-0.1, -0.05) is 17.7 Å². The molecule has 0 saturated heterocycles. The first-order valence-electron chi connectivity index (χ1n) is 7.16. The lowest BCUT2D eigenvalue weighted by Gasteiger charge is -2.22. The van der Waals surface area contributed by atoms with Gasteiger partial charge in [0.15, 0.2) is 0 Å². The van der Waals surface area contributed by atoms with Crippen molar-refractivity contribution in [2.45, 2.75) is 26.2 Å². The monoisotopic (exact) mass is 278 g/mol. The van der Waals surface area contributed by atoms with Gasteiger partial charge in [-0.2, -0.15) is 0 Å². The first kappa shape index (κ1) is 13.6. The van der Waals surface area contributed by atoms with E-state index >= 15 is 0 Å². The van der Waals surface area contributed by atoms with E-state index in [-0.39, 0.29) is 5.91 Å². The van der Waals surface area contributed by atoms with Crippen molar-refractivity contribution in [1.29, 1.82) is 0 Å². The quantitative estimate of drug-likeness (QED) is 0.937.